The molecule has 0 aliphatic heterocycles. The molecule has 0 radical (unpaired) electrons. The average molecular weight is 328 g/mol. The lowest BCUT2D eigenvalue weighted by molar-refractivity contribution is -0.123. The number of nitrogens with zero attached hydrogens (tertiary/aromatic N) is 2. The summed E-state index contributed by atoms with van der Waals surface area (Å²) in [7, 11) is 0. The number of rotatable bonds is 2. The van der Waals surface area contributed by atoms with Gasteiger partial charge >= 0.3 is 0 Å². The van der Waals surface area contributed by atoms with Gasteiger partial charge in [-0.3, -0.25) is 14.2 Å². The fourth-order valence-corrected chi connectivity index (χ4v) is 2.46. The zero-order chi connectivity index (χ0) is 15.8. The Morgan fingerprint density at radius 1 is 1.33 bits per heavy atom. The lowest BCUT2D eigenvalue weighted by Gasteiger charge is -2.20. The number of fused-ring (bicyclic) bond motifs is 1. The largest absolute Gasteiger partial charge is 0.350 e. The Kier molecular flexibility index (Phi) is 4.25. The van der Waals surface area contributed by atoms with E-state index in [4.69, 9.17) is 23.2 Å². The molecule has 1 N–H and O–H groups in total. The molecule has 0 unspecified atom stereocenters. The summed E-state index contributed by atoms with van der Waals surface area (Å²) in [5.41, 5.74) is -0.343. The summed E-state index contributed by atoms with van der Waals surface area (Å²) >= 11 is 11.9. The van der Waals surface area contributed by atoms with Crippen molar-refractivity contribution in [2.75, 3.05) is 0 Å². The van der Waals surface area contributed by atoms with Gasteiger partial charge in [-0.2, -0.15) is 0 Å². The monoisotopic (exact) mass is 327 g/mol. The van der Waals surface area contributed by atoms with Crippen molar-refractivity contribution in [1.82, 2.24) is 14.9 Å². The highest BCUT2D eigenvalue weighted by atomic mass is 35.5. The third-order valence-electron chi connectivity index (χ3n) is 2.67. The molecule has 0 saturated carbocycles. The minimum absolute atomic E-state index is 0.108. The van der Waals surface area contributed by atoms with Gasteiger partial charge < -0.3 is 5.32 Å². The van der Waals surface area contributed by atoms with Gasteiger partial charge in [-0.05, 0) is 32.9 Å². The molecule has 1 heterocycles. The number of halogens is 2. The van der Waals surface area contributed by atoms with Crippen LogP contribution >= 0.6 is 23.2 Å². The van der Waals surface area contributed by atoms with Crippen LogP contribution in [0, 0.1) is 0 Å². The van der Waals surface area contributed by atoms with Crippen LogP contribution in [0.4, 0.5) is 0 Å². The van der Waals surface area contributed by atoms with Gasteiger partial charge in [0.2, 0.25) is 5.91 Å². The molecule has 0 saturated heterocycles. The summed E-state index contributed by atoms with van der Waals surface area (Å²) in [4.78, 5) is 28.4. The topological polar surface area (TPSA) is 64.0 Å². The molecular weight excluding hydrogens is 313 g/mol. The number of aromatic nitrogens is 2. The highest BCUT2D eigenvalue weighted by molar-refractivity contribution is 6.38. The lowest BCUT2D eigenvalue weighted by atomic mass is 10.1. The van der Waals surface area contributed by atoms with Gasteiger partial charge in [0.15, 0.2) is 0 Å². The Balaban J connectivity index is 2.41. The Bertz CT molecular complexity index is 763. The first kappa shape index (κ1) is 15.8. The van der Waals surface area contributed by atoms with E-state index in [9.17, 15) is 9.59 Å². The van der Waals surface area contributed by atoms with E-state index in [0.717, 1.165) is 0 Å². The number of carbonyl (C=O) groups is 1. The Morgan fingerprint density at radius 3 is 2.62 bits per heavy atom. The second kappa shape index (κ2) is 5.66. The van der Waals surface area contributed by atoms with Crippen molar-refractivity contribution in [2.45, 2.75) is 32.9 Å². The van der Waals surface area contributed by atoms with Gasteiger partial charge in [0.1, 0.15) is 6.54 Å². The van der Waals surface area contributed by atoms with Crippen LogP contribution in [-0.4, -0.2) is 21.0 Å². The van der Waals surface area contributed by atoms with Gasteiger partial charge in [-0.1, -0.05) is 23.2 Å². The van der Waals surface area contributed by atoms with Crippen LogP contribution in [0.3, 0.4) is 0 Å². The number of hydrogen-bond acceptors (Lipinski definition) is 3. The summed E-state index contributed by atoms with van der Waals surface area (Å²) in [5, 5.41) is 3.73. The zero-order valence-electron chi connectivity index (χ0n) is 11.9. The molecular formula is C14H15Cl2N3O2. The van der Waals surface area contributed by atoms with E-state index in [1.807, 2.05) is 20.8 Å². The maximum atomic E-state index is 12.4. The van der Waals surface area contributed by atoms with Crippen LogP contribution < -0.4 is 10.9 Å². The molecule has 2 aromatic rings. The predicted molar refractivity (Wildman–Crippen MR) is 83.9 cm³/mol. The minimum Gasteiger partial charge on any atom is -0.350 e. The van der Waals surface area contributed by atoms with E-state index in [0.29, 0.717) is 20.9 Å². The van der Waals surface area contributed by atoms with Crippen molar-refractivity contribution in [2.24, 2.45) is 0 Å². The molecule has 0 aliphatic carbocycles. The first-order chi connectivity index (χ1) is 9.67. The SMILES string of the molecule is CC(C)(C)NC(=O)Cn1cnc2c(Cl)cc(Cl)cc2c1=O. The molecule has 0 spiro atoms. The first-order valence-corrected chi connectivity index (χ1v) is 7.08. The molecule has 0 fully saturated rings. The van der Waals surface area contributed by atoms with Crippen molar-refractivity contribution in [3.63, 3.8) is 0 Å². The normalized spacial score (nSPS) is 11.7. The van der Waals surface area contributed by atoms with Crippen LogP contribution in [0.1, 0.15) is 20.8 Å². The van der Waals surface area contributed by atoms with Crippen molar-refractivity contribution < 1.29 is 4.79 Å². The molecule has 0 aliphatic rings. The van der Waals surface area contributed by atoms with Gasteiger partial charge in [-0.15, -0.1) is 0 Å². The molecule has 5 nitrogen and oxygen atoms in total. The van der Waals surface area contributed by atoms with Gasteiger partial charge in [0.25, 0.3) is 5.56 Å². The summed E-state index contributed by atoms with van der Waals surface area (Å²) in [5.74, 6) is -0.265. The molecule has 1 amide bonds. The second-order valence-electron chi connectivity index (χ2n) is 5.76. The molecule has 7 heteroatoms. The Labute approximate surface area is 131 Å². The van der Waals surface area contributed by atoms with E-state index in [1.54, 1.807) is 0 Å². The summed E-state index contributed by atoms with van der Waals surface area (Å²) < 4.78 is 1.23. The minimum atomic E-state index is -0.364. The van der Waals surface area contributed by atoms with E-state index in [1.165, 1.54) is 23.0 Å². The molecule has 21 heavy (non-hydrogen) atoms. The zero-order valence-corrected chi connectivity index (χ0v) is 13.4. The summed E-state index contributed by atoms with van der Waals surface area (Å²) in [6.45, 7) is 5.49. The number of carbonyl (C=O) groups excluding carboxylic acids is 1. The summed E-state index contributed by atoms with van der Waals surface area (Å²) in [6.07, 6.45) is 1.31. The van der Waals surface area contributed by atoms with E-state index in [-0.39, 0.29) is 23.6 Å². The summed E-state index contributed by atoms with van der Waals surface area (Å²) in [6, 6.07) is 3.02. The Morgan fingerprint density at radius 2 is 2.00 bits per heavy atom. The smallest absolute Gasteiger partial charge is 0.261 e. The molecule has 1 aromatic carbocycles. The third-order valence-corrected chi connectivity index (χ3v) is 3.18. The highest BCUT2D eigenvalue weighted by Gasteiger charge is 2.15. The third kappa shape index (κ3) is 3.74. The second-order valence-corrected chi connectivity index (χ2v) is 6.60. The van der Waals surface area contributed by atoms with Crippen LogP contribution in [-0.2, 0) is 11.3 Å². The van der Waals surface area contributed by atoms with Crippen molar-refractivity contribution in [3.05, 3.63) is 38.9 Å². The standard InChI is InChI=1S/C14H15Cl2N3O2/c1-14(2,3)18-11(20)6-19-7-17-12-9(13(19)21)4-8(15)5-10(12)16/h4-5,7H,6H2,1-3H3,(H,18,20). The predicted octanol–water partition coefficient (Wildman–Crippen LogP) is 2.62. The number of hydrogen-bond donors (Lipinski definition) is 1. The number of benzene rings is 1. The quantitative estimate of drug-likeness (QED) is 0.922. The van der Waals surface area contributed by atoms with Gasteiger partial charge in [-0.25, -0.2) is 4.98 Å². The van der Waals surface area contributed by atoms with Crippen LogP contribution in [0.5, 0.6) is 0 Å². The van der Waals surface area contributed by atoms with Crippen LogP contribution in [0.2, 0.25) is 10.0 Å². The first-order valence-electron chi connectivity index (χ1n) is 6.32. The molecule has 1 aromatic heterocycles. The van der Waals surface area contributed by atoms with Crippen LogP contribution in [0.15, 0.2) is 23.3 Å². The number of nitrogens with one attached hydrogen (secondary N) is 1. The fourth-order valence-electron chi connectivity index (χ4n) is 1.92. The van der Waals surface area contributed by atoms with Crippen molar-refractivity contribution >= 4 is 40.0 Å². The van der Waals surface area contributed by atoms with Gasteiger partial charge in [0, 0.05) is 10.6 Å². The Hall–Kier alpha value is -1.59. The van der Waals surface area contributed by atoms with Crippen molar-refractivity contribution in [3.8, 4) is 0 Å². The van der Waals surface area contributed by atoms with Gasteiger partial charge in [0.05, 0.1) is 22.3 Å². The highest BCUT2D eigenvalue weighted by Crippen LogP contribution is 2.23. The molecule has 0 bridgehead atoms. The number of amides is 1. The van der Waals surface area contributed by atoms with E-state index < -0.39 is 0 Å². The van der Waals surface area contributed by atoms with E-state index in [2.05, 4.69) is 10.3 Å². The fraction of sp³-hybridized carbons (Fsp3) is 0.357. The maximum Gasteiger partial charge on any atom is 0.261 e. The molecule has 112 valence electrons. The maximum absolute atomic E-state index is 12.4. The van der Waals surface area contributed by atoms with E-state index >= 15 is 0 Å². The molecule has 2 rings (SSSR count). The van der Waals surface area contributed by atoms with Crippen LogP contribution in [0.25, 0.3) is 10.9 Å². The lowest BCUT2D eigenvalue weighted by Crippen LogP contribution is -2.43. The average Bonchev–Trinajstić information content (AvgIpc) is 2.31. The molecule has 0 atom stereocenters. The van der Waals surface area contributed by atoms with Crippen molar-refractivity contribution in [1.29, 1.82) is 0 Å².